The molecule has 1 aromatic carbocycles. The standard InChI is InChI=1S/C18H28N2O2/c1-13-9-14(2)17(15(3)10-13)11-20-7-5-16(6-8-20)19(4)12-18(21)22/h9-10,16H,5-8,11-12H2,1-4H3,(H,21,22). The molecule has 1 aromatic rings. The van der Waals surface area contributed by atoms with Gasteiger partial charge in [-0.2, -0.15) is 0 Å². The zero-order chi connectivity index (χ0) is 16.3. The maximum absolute atomic E-state index is 10.8. The van der Waals surface area contributed by atoms with Gasteiger partial charge in [-0.15, -0.1) is 0 Å². The second kappa shape index (κ2) is 7.25. The Morgan fingerprint density at radius 3 is 2.27 bits per heavy atom. The van der Waals surface area contributed by atoms with E-state index in [1.165, 1.54) is 22.3 Å². The van der Waals surface area contributed by atoms with Crippen LogP contribution in [0.2, 0.25) is 0 Å². The Balaban J connectivity index is 1.92. The molecule has 0 atom stereocenters. The van der Waals surface area contributed by atoms with Gasteiger partial charge in [-0.05, 0) is 70.4 Å². The molecule has 2 rings (SSSR count). The minimum atomic E-state index is -0.740. The van der Waals surface area contributed by atoms with E-state index in [2.05, 4.69) is 37.8 Å². The van der Waals surface area contributed by atoms with Gasteiger partial charge in [0.05, 0.1) is 6.54 Å². The number of piperidine rings is 1. The monoisotopic (exact) mass is 304 g/mol. The molecule has 0 unspecified atom stereocenters. The Kier molecular flexibility index (Phi) is 5.59. The highest BCUT2D eigenvalue weighted by Crippen LogP contribution is 2.22. The highest BCUT2D eigenvalue weighted by Gasteiger charge is 2.24. The first-order valence-electron chi connectivity index (χ1n) is 8.08. The van der Waals surface area contributed by atoms with Gasteiger partial charge in [-0.3, -0.25) is 14.6 Å². The minimum absolute atomic E-state index is 0.140. The molecule has 0 bridgehead atoms. The molecule has 0 spiro atoms. The molecular formula is C18H28N2O2. The first-order chi connectivity index (χ1) is 10.4. The van der Waals surface area contributed by atoms with Crippen LogP contribution in [0.25, 0.3) is 0 Å². The van der Waals surface area contributed by atoms with Crippen LogP contribution in [0.4, 0.5) is 0 Å². The van der Waals surface area contributed by atoms with Crippen molar-refractivity contribution in [1.29, 1.82) is 0 Å². The van der Waals surface area contributed by atoms with Crippen molar-refractivity contribution in [3.05, 3.63) is 34.4 Å². The van der Waals surface area contributed by atoms with Crippen molar-refractivity contribution in [2.24, 2.45) is 0 Å². The van der Waals surface area contributed by atoms with Crippen LogP contribution in [0.3, 0.4) is 0 Å². The summed E-state index contributed by atoms with van der Waals surface area (Å²) in [6, 6.07) is 4.92. The van der Waals surface area contributed by atoms with Gasteiger partial charge in [0.15, 0.2) is 0 Å². The number of rotatable bonds is 5. The van der Waals surface area contributed by atoms with Crippen molar-refractivity contribution < 1.29 is 9.90 Å². The molecule has 0 aromatic heterocycles. The zero-order valence-electron chi connectivity index (χ0n) is 14.2. The number of hydrogen-bond donors (Lipinski definition) is 1. The van der Waals surface area contributed by atoms with Crippen LogP contribution >= 0.6 is 0 Å². The van der Waals surface area contributed by atoms with Crippen LogP contribution in [0.15, 0.2) is 12.1 Å². The first kappa shape index (κ1) is 17.0. The van der Waals surface area contributed by atoms with Crippen molar-refractivity contribution in [2.45, 2.75) is 46.2 Å². The summed E-state index contributed by atoms with van der Waals surface area (Å²) in [6.07, 6.45) is 2.10. The Labute approximate surface area is 133 Å². The van der Waals surface area contributed by atoms with Gasteiger partial charge in [-0.1, -0.05) is 17.7 Å². The molecule has 0 amide bonds. The number of nitrogens with zero attached hydrogens (tertiary/aromatic N) is 2. The molecule has 1 aliphatic rings. The second-order valence-electron chi connectivity index (χ2n) is 6.69. The van der Waals surface area contributed by atoms with Crippen molar-refractivity contribution in [1.82, 2.24) is 9.80 Å². The summed E-state index contributed by atoms with van der Waals surface area (Å²) in [5.74, 6) is -0.740. The van der Waals surface area contributed by atoms with Crippen LogP contribution in [-0.2, 0) is 11.3 Å². The van der Waals surface area contributed by atoms with Crippen LogP contribution in [0.1, 0.15) is 35.1 Å². The van der Waals surface area contributed by atoms with Crippen molar-refractivity contribution >= 4 is 5.97 Å². The molecule has 0 saturated carbocycles. The lowest BCUT2D eigenvalue weighted by molar-refractivity contribution is -0.138. The molecule has 1 aliphatic heterocycles. The maximum Gasteiger partial charge on any atom is 0.317 e. The number of aliphatic carboxylic acids is 1. The van der Waals surface area contributed by atoms with E-state index in [-0.39, 0.29) is 6.54 Å². The quantitative estimate of drug-likeness (QED) is 0.908. The van der Waals surface area contributed by atoms with Crippen molar-refractivity contribution in [2.75, 3.05) is 26.7 Å². The van der Waals surface area contributed by atoms with E-state index in [1.54, 1.807) is 0 Å². The van der Waals surface area contributed by atoms with Crippen molar-refractivity contribution in [3.8, 4) is 0 Å². The molecule has 1 N–H and O–H groups in total. The average Bonchev–Trinajstić information content (AvgIpc) is 2.42. The third-order valence-corrected chi connectivity index (χ3v) is 4.79. The summed E-state index contributed by atoms with van der Waals surface area (Å²) in [5.41, 5.74) is 5.53. The van der Waals surface area contributed by atoms with E-state index in [0.717, 1.165) is 32.5 Å². The van der Waals surface area contributed by atoms with Gasteiger partial charge in [-0.25, -0.2) is 0 Å². The molecule has 1 saturated heterocycles. The third kappa shape index (κ3) is 4.31. The Morgan fingerprint density at radius 1 is 1.23 bits per heavy atom. The minimum Gasteiger partial charge on any atom is -0.480 e. The molecule has 22 heavy (non-hydrogen) atoms. The summed E-state index contributed by atoms with van der Waals surface area (Å²) in [5, 5.41) is 8.89. The number of likely N-dealkylation sites (N-methyl/N-ethyl adjacent to an activating group) is 1. The normalized spacial score (nSPS) is 17.1. The summed E-state index contributed by atoms with van der Waals surface area (Å²) in [4.78, 5) is 15.3. The summed E-state index contributed by atoms with van der Waals surface area (Å²) in [7, 11) is 1.92. The lowest BCUT2D eigenvalue weighted by Gasteiger charge is -2.36. The van der Waals surface area contributed by atoms with Crippen LogP contribution in [0, 0.1) is 20.8 Å². The number of hydrogen-bond acceptors (Lipinski definition) is 3. The fourth-order valence-corrected chi connectivity index (χ4v) is 3.54. The maximum atomic E-state index is 10.8. The molecule has 4 heteroatoms. The van der Waals surface area contributed by atoms with Gasteiger partial charge < -0.3 is 5.11 Å². The first-order valence-corrected chi connectivity index (χ1v) is 8.08. The Hall–Kier alpha value is -1.39. The summed E-state index contributed by atoms with van der Waals surface area (Å²) in [6.45, 7) is 9.77. The van der Waals surface area contributed by atoms with Gasteiger partial charge in [0.2, 0.25) is 0 Å². The van der Waals surface area contributed by atoms with Gasteiger partial charge in [0, 0.05) is 12.6 Å². The predicted molar refractivity (Wildman–Crippen MR) is 89.2 cm³/mol. The molecule has 122 valence electrons. The number of likely N-dealkylation sites (tertiary alicyclic amines) is 1. The zero-order valence-corrected chi connectivity index (χ0v) is 14.2. The SMILES string of the molecule is Cc1cc(C)c(CN2CCC(N(C)CC(=O)O)CC2)c(C)c1. The van der Waals surface area contributed by atoms with E-state index in [9.17, 15) is 4.79 Å². The summed E-state index contributed by atoms with van der Waals surface area (Å²) >= 11 is 0. The Bertz CT molecular complexity index is 511. The lowest BCUT2D eigenvalue weighted by Crippen LogP contribution is -2.44. The molecule has 0 radical (unpaired) electrons. The van der Waals surface area contributed by atoms with E-state index >= 15 is 0 Å². The van der Waals surface area contributed by atoms with Crippen LogP contribution in [0.5, 0.6) is 0 Å². The number of carboxylic acids is 1. The van der Waals surface area contributed by atoms with E-state index in [1.807, 2.05) is 11.9 Å². The smallest absolute Gasteiger partial charge is 0.317 e. The van der Waals surface area contributed by atoms with Gasteiger partial charge in [0.1, 0.15) is 0 Å². The highest BCUT2D eigenvalue weighted by molar-refractivity contribution is 5.69. The van der Waals surface area contributed by atoms with Crippen LogP contribution in [-0.4, -0.2) is 53.6 Å². The van der Waals surface area contributed by atoms with E-state index < -0.39 is 5.97 Å². The molecule has 1 fully saturated rings. The second-order valence-corrected chi connectivity index (χ2v) is 6.69. The molecule has 0 aliphatic carbocycles. The van der Waals surface area contributed by atoms with Gasteiger partial charge >= 0.3 is 5.97 Å². The van der Waals surface area contributed by atoms with E-state index in [4.69, 9.17) is 5.11 Å². The predicted octanol–water partition coefficient (Wildman–Crippen LogP) is 2.59. The number of aryl methyl sites for hydroxylation is 3. The molecule has 1 heterocycles. The molecular weight excluding hydrogens is 276 g/mol. The lowest BCUT2D eigenvalue weighted by atomic mass is 9.97. The largest absolute Gasteiger partial charge is 0.480 e. The Morgan fingerprint density at radius 2 is 1.77 bits per heavy atom. The van der Waals surface area contributed by atoms with Crippen molar-refractivity contribution in [3.63, 3.8) is 0 Å². The van der Waals surface area contributed by atoms with Gasteiger partial charge in [0.25, 0.3) is 0 Å². The summed E-state index contributed by atoms with van der Waals surface area (Å²) < 4.78 is 0. The number of carboxylic acid groups (broad SMARTS) is 1. The molecule has 4 nitrogen and oxygen atoms in total. The number of benzene rings is 1. The highest BCUT2D eigenvalue weighted by atomic mass is 16.4. The topological polar surface area (TPSA) is 43.8 Å². The number of carbonyl (C=O) groups is 1. The average molecular weight is 304 g/mol. The van der Waals surface area contributed by atoms with E-state index in [0.29, 0.717) is 6.04 Å². The fraction of sp³-hybridized carbons (Fsp3) is 0.611. The van der Waals surface area contributed by atoms with Crippen LogP contribution < -0.4 is 0 Å². The third-order valence-electron chi connectivity index (χ3n) is 4.79. The fourth-order valence-electron chi connectivity index (χ4n) is 3.54.